The predicted molar refractivity (Wildman–Crippen MR) is 84.6 cm³/mol. The monoisotopic (exact) mass is 344 g/mol. The Hall–Kier alpha value is -1.76. The molecule has 1 aliphatic heterocycles. The van der Waals surface area contributed by atoms with E-state index in [1.165, 1.54) is 12.1 Å². The van der Waals surface area contributed by atoms with Crippen LogP contribution in [0, 0.1) is 0 Å². The Labute approximate surface area is 140 Å². The van der Waals surface area contributed by atoms with Gasteiger partial charge in [-0.15, -0.1) is 0 Å². The summed E-state index contributed by atoms with van der Waals surface area (Å²) in [6.45, 7) is 5.62. The highest BCUT2D eigenvalue weighted by molar-refractivity contribution is 5.74. The number of nitrogens with one attached hydrogen (secondary N) is 1. The van der Waals surface area contributed by atoms with Gasteiger partial charge in [0.15, 0.2) is 0 Å². The number of hydrogen-bond acceptors (Lipinski definition) is 2. The Bertz CT molecular complexity index is 538. The van der Waals surface area contributed by atoms with Crippen LogP contribution < -0.4 is 5.32 Å². The minimum absolute atomic E-state index is 0.197. The van der Waals surface area contributed by atoms with E-state index in [1.807, 2.05) is 6.92 Å². The van der Waals surface area contributed by atoms with Crippen molar-refractivity contribution in [3.05, 3.63) is 35.4 Å². The van der Waals surface area contributed by atoms with E-state index in [0.717, 1.165) is 25.0 Å². The zero-order valence-electron chi connectivity index (χ0n) is 13.9. The molecule has 4 nitrogen and oxygen atoms in total. The molecule has 24 heavy (non-hydrogen) atoms. The number of likely N-dealkylation sites (tertiary alicyclic amines) is 1. The van der Waals surface area contributed by atoms with Crippen molar-refractivity contribution in [2.75, 3.05) is 19.7 Å². The van der Waals surface area contributed by atoms with Crippen LogP contribution in [0.25, 0.3) is 0 Å². The molecule has 0 saturated carbocycles. The molecule has 0 bridgehead atoms. The molecule has 2 rings (SSSR count). The van der Waals surface area contributed by atoms with Gasteiger partial charge in [-0.1, -0.05) is 12.1 Å². The summed E-state index contributed by atoms with van der Waals surface area (Å²) in [5.41, 5.74) is -0.0525. The maximum atomic E-state index is 12.6. The van der Waals surface area contributed by atoms with E-state index in [2.05, 4.69) is 5.32 Å². The molecule has 1 atom stereocenters. The Morgan fingerprint density at radius 1 is 1.29 bits per heavy atom. The van der Waals surface area contributed by atoms with Crippen LogP contribution in [0.4, 0.5) is 18.0 Å². The van der Waals surface area contributed by atoms with E-state index >= 15 is 0 Å². The molecule has 0 spiro atoms. The van der Waals surface area contributed by atoms with E-state index in [0.29, 0.717) is 25.3 Å². The normalized spacial score (nSPS) is 17.6. The molecule has 0 aromatic heterocycles. The largest absolute Gasteiger partial charge is 0.416 e. The quantitative estimate of drug-likeness (QED) is 0.898. The molecule has 1 fully saturated rings. The van der Waals surface area contributed by atoms with Crippen LogP contribution in [0.1, 0.15) is 43.9 Å². The van der Waals surface area contributed by atoms with E-state index < -0.39 is 11.7 Å². The highest BCUT2D eigenvalue weighted by atomic mass is 19.4. The van der Waals surface area contributed by atoms with E-state index in [4.69, 9.17) is 4.74 Å². The molecule has 134 valence electrons. The molecular formula is C17H23F3N2O2. The first-order valence-electron chi connectivity index (χ1n) is 8.15. The molecule has 1 aromatic carbocycles. The topological polar surface area (TPSA) is 41.6 Å². The second-order valence-corrected chi connectivity index (χ2v) is 5.93. The van der Waals surface area contributed by atoms with Crippen molar-refractivity contribution in [2.24, 2.45) is 0 Å². The van der Waals surface area contributed by atoms with Crippen LogP contribution in [-0.4, -0.2) is 36.7 Å². The number of nitrogens with zero attached hydrogens (tertiary/aromatic N) is 1. The number of amides is 2. The highest BCUT2D eigenvalue weighted by Gasteiger charge is 2.30. The molecule has 1 aliphatic rings. The molecule has 0 aliphatic carbocycles. The molecule has 0 radical (unpaired) electrons. The number of urea groups is 1. The number of piperidine rings is 1. The first kappa shape index (κ1) is 18.6. The van der Waals surface area contributed by atoms with Crippen LogP contribution in [0.15, 0.2) is 24.3 Å². The van der Waals surface area contributed by atoms with Gasteiger partial charge in [0.25, 0.3) is 0 Å². The first-order valence-corrected chi connectivity index (χ1v) is 8.15. The summed E-state index contributed by atoms with van der Waals surface area (Å²) >= 11 is 0. The van der Waals surface area contributed by atoms with Gasteiger partial charge in [-0.3, -0.25) is 0 Å². The van der Waals surface area contributed by atoms with Gasteiger partial charge in [0.2, 0.25) is 0 Å². The number of rotatable bonds is 4. The van der Waals surface area contributed by atoms with Crippen molar-refractivity contribution in [2.45, 2.75) is 45.0 Å². The fraction of sp³-hybridized carbons (Fsp3) is 0.588. The lowest BCUT2D eigenvalue weighted by Gasteiger charge is -2.32. The zero-order valence-corrected chi connectivity index (χ0v) is 13.9. The zero-order chi connectivity index (χ0) is 17.7. The maximum absolute atomic E-state index is 12.6. The smallest absolute Gasteiger partial charge is 0.378 e. The summed E-state index contributed by atoms with van der Waals surface area (Å²) in [6.07, 6.45) is -2.55. The van der Waals surface area contributed by atoms with Crippen LogP contribution in [-0.2, 0) is 10.9 Å². The summed E-state index contributed by atoms with van der Waals surface area (Å²) < 4.78 is 43.3. The lowest BCUT2D eigenvalue weighted by molar-refractivity contribution is -0.137. The van der Waals surface area contributed by atoms with Crippen LogP contribution in [0.3, 0.4) is 0 Å². The van der Waals surface area contributed by atoms with Crippen LogP contribution in [0.2, 0.25) is 0 Å². The molecule has 7 heteroatoms. The van der Waals surface area contributed by atoms with Gasteiger partial charge in [-0.05, 0) is 44.4 Å². The lowest BCUT2D eigenvalue weighted by Crippen LogP contribution is -2.46. The van der Waals surface area contributed by atoms with Gasteiger partial charge in [0.05, 0.1) is 17.7 Å². The van der Waals surface area contributed by atoms with Gasteiger partial charge < -0.3 is 15.0 Å². The Kier molecular flexibility index (Phi) is 6.10. The van der Waals surface area contributed by atoms with Crippen molar-refractivity contribution in [1.29, 1.82) is 0 Å². The third kappa shape index (κ3) is 4.87. The second-order valence-electron chi connectivity index (χ2n) is 5.93. The minimum Gasteiger partial charge on any atom is -0.378 e. The molecule has 1 unspecified atom stereocenters. The summed E-state index contributed by atoms with van der Waals surface area (Å²) in [5, 5.41) is 2.84. The third-order valence-electron chi connectivity index (χ3n) is 4.21. The molecule has 1 N–H and O–H groups in total. The van der Waals surface area contributed by atoms with Crippen molar-refractivity contribution in [1.82, 2.24) is 10.2 Å². The Morgan fingerprint density at radius 2 is 1.88 bits per heavy atom. The van der Waals surface area contributed by atoms with Crippen molar-refractivity contribution >= 4 is 6.03 Å². The number of hydrogen-bond donors (Lipinski definition) is 1. The number of benzene rings is 1. The summed E-state index contributed by atoms with van der Waals surface area (Å²) in [7, 11) is 0. The predicted octanol–water partition coefficient (Wildman–Crippen LogP) is 3.98. The number of alkyl halides is 3. The number of halogens is 3. The minimum atomic E-state index is -4.35. The number of ether oxygens (including phenoxy) is 1. The van der Waals surface area contributed by atoms with Gasteiger partial charge in [-0.2, -0.15) is 13.2 Å². The molecule has 1 heterocycles. The molecule has 1 aromatic rings. The van der Waals surface area contributed by atoms with Gasteiger partial charge in [0, 0.05) is 19.7 Å². The summed E-state index contributed by atoms with van der Waals surface area (Å²) in [5.74, 6) is 0. The number of carbonyl (C=O) groups excluding carboxylic acids is 1. The van der Waals surface area contributed by atoms with Gasteiger partial charge >= 0.3 is 12.2 Å². The SMILES string of the molecule is CCOC1CCN(C(=O)NC(C)c2ccc(C(F)(F)F)cc2)CC1. The van der Waals surface area contributed by atoms with E-state index in [9.17, 15) is 18.0 Å². The second kappa shape index (κ2) is 7.88. The summed E-state index contributed by atoms with van der Waals surface area (Å²) in [4.78, 5) is 14.0. The lowest BCUT2D eigenvalue weighted by atomic mass is 10.1. The highest BCUT2D eigenvalue weighted by Crippen LogP contribution is 2.29. The van der Waals surface area contributed by atoms with Crippen molar-refractivity contribution < 1.29 is 22.7 Å². The standard InChI is InChI=1S/C17H23F3N2O2/c1-3-24-15-8-10-22(11-9-15)16(23)21-12(2)13-4-6-14(7-5-13)17(18,19)20/h4-7,12,15H,3,8-11H2,1-2H3,(H,21,23). The molecular weight excluding hydrogens is 321 g/mol. The Balaban J connectivity index is 1.88. The van der Waals surface area contributed by atoms with Gasteiger partial charge in [0.1, 0.15) is 0 Å². The average molecular weight is 344 g/mol. The van der Waals surface area contributed by atoms with E-state index in [1.54, 1.807) is 11.8 Å². The van der Waals surface area contributed by atoms with Crippen LogP contribution in [0.5, 0.6) is 0 Å². The Morgan fingerprint density at radius 3 is 2.38 bits per heavy atom. The van der Waals surface area contributed by atoms with Gasteiger partial charge in [-0.25, -0.2) is 4.79 Å². The summed E-state index contributed by atoms with van der Waals surface area (Å²) in [6, 6.07) is 4.31. The van der Waals surface area contributed by atoms with Crippen molar-refractivity contribution in [3.8, 4) is 0 Å². The third-order valence-corrected chi connectivity index (χ3v) is 4.21. The average Bonchev–Trinajstić information content (AvgIpc) is 2.55. The van der Waals surface area contributed by atoms with E-state index in [-0.39, 0.29) is 18.2 Å². The fourth-order valence-electron chi connectivity index (χ4n) is 2.78. The fourth-order valence-corrected chi connectivity index (χ4v) is 2.78. The van der Waals surface area contributed by atoms with Crippen LogP contribution >= 0.6 is 0 Å². The molecule has 2 amide bonds. The number of carbonyl (C=O) groups is 1. The maximum Gasteiger partial charge on any atom is 0.416 e. The molecule has 1 saturated heterocycles. The van der Waals surface area contributed by atoms with Crippen molar-refractivity contribution in [3.63, 3.8) is 0 Å². The first-order chi connectivity index (χ1) is 11.3.